The standard InChI is InChI=1S/C11H17FN2O3S/c1-14(4-5-18(3,15)16)10-7-11(17-2)9(13)6-8(10)12/h6-7H,4-5,13H2,1-3H3. The molecule has 0 aliphatic rings. The van der Waals surface area contributed by atoms with Crippen LogP contribution in [0, 0.1) is 5.82 Å². The van der Waals surface area contributed by atoms with Crippen LogP contribution in [0.4, 0.5) is 15.8 Å². The van der Waals surface area contributed by atoms with Crippen molar-refractivity contribution in [2.24, 2.45) is 0 Å². The molecule has 0 aliphatic heterocycles. The molecule has 0 spiro atoms. The van der Waals surface area contributed by atoms with Crippen LogP contribution in [0.2, 0.25) is 0 Å². The van der Waals surface area contributed by atoms with Gasteiger partial charge in [-0.2, -0.15) is 0 Å². The first-order chi connectivity index (χ1) is 8.24. The van der Waals surface area contributed by atoms with Gasteiger partial charge >= 0.3 is 0 Å². The van der Waals surface area contributed by atoms with Gasteiger partial charge in [-0.1, -0.05) is 0 Å². The van der Waals surface area contributed by atoms with Crippen molar-refractivity contribution < 1.29 is 17.5 Å². The zero-order valence-electron chi connectivity index (χ0n) is 10.6. The third-order valence-electron chi connectivity index (χ3n) is 2.51. The zero-order valence-corrected chi connectivity index (χ0v) is 11.4. The van der Waals surface area contributed by atoms with E-state index in [1.165, 1.54) is 18.1 Å². The molecule has 0 aromatic heterocycles. The van der Waals surface area contributed by atoms with E-state index in [0.717, 1.165) is 12.3 Å². The number of methoxy groups -OCH3 is 1. The Morgan fingerprint density at radius 2 is 2.06 bits per heavy atom. The molecule has 0 fully saturated rings. The lowest BCUT2D eigenvalue weighted by Crippen LogP contribution is -2.25. The summed E-state index contributed by atoms with van der Waals surface area (Å²) in [6.07, 6.45) is 1.14. The molecule has 1 aromatic carbocycles. The minimum atomic E-state index is -3.08. The lowest BCUT2D eigenvalue weighted by Gasteiger charge is -2.20. The highest BCUT2D eigenvalue weighted by atomic mass is 32.2. The lowest BCUT2D eigenvalue weighted by atomic mass is 10.2. The van der Waals surface area contributed by atoms with E-state index < -0.39 is 15.7 Å². The minimum absolute atomic E-state index is 0.0460. The van der Waals surface area contributed by atoms with Crippen LogP contribution < -0.4 is 15.4 Å². The normalized spacial score (nSPS) is 11.3. The van der Waals surface area contributed by atoms with E-state index in [4.69, 9.17) is 10.5 Å². The van der Waals surface area contributed by atoms with E-state index in [-0.39, 0.29) is 23.7 Å². The molecular formula is C11H17FN2O3S. The molecule has 2 N–H and O–H groups in total. The Kier molecular flexibility index (Phi) is 4.39. The quantitative estimate of drug-likeness (QED) is 0.809. The molecule has 7 heteroatoms. The van der Waals surface area contributed by atoms with Crippen LogP contribution in [0.3, 0.4) is 0 Å². The number of nitrogens with two attached hydrogens (primary N) is 1. The summed E-state index contributed by atoms with van der Waals surface area (Å²) in [4.78, 5) is 1.51. The monoisotopic (exact) mass is 276 g/mol. The maximum Gasteiger partial charge on any atom is 0.149 e. The number of sulfone groups is 1. The van der Waals surface area contributed by atoms with Gasteiger partial charge in [0.1, 0.15) is 21.4 Å². The van der Waals surface area contributed by atoms with Crippen molar-refractivity contribution in [2.75, 3.05) is 43.3 Å². The molecule has 0 radical (unpaired) electrons. The Morgan fingerprint density at radius 3 is 2.56 bits per heavy atom. The molecule has 0 heterocycles. The molecule has 0 unspecified atom stereocenters. The average Bonchev–Trinajstić information content (AvgIpc) is 2.25. The highest BCUT2D eigenvalue weighted by Crippen LogP contribution is 2.29. The summed E-state index contributed by atoms with van der Waals surface area (Å²) in [6.45, 7) is 0.197. The van der Waals surface area contributed by atoms with Crippen molar-refractivity contribution in [1.29, 1.82) is 0 Å². The second-order valence-corrected chi connectivity index (χ2v) is 6.36. The SMILES string of the molecule is COc1cc(N(C)CCS(C)(=O)=O)c(F)cc1N. The second-order valence-electron chi connectivity index (χ2n) is 4.10. The number of hydrogen-bond donors (Lipinski definition) is 1. The second kappa shape index (κ2) is 5.43. The summed E-state index contributed by atoms with van der Waals surface area (Å²) in [5, 5.41) is 0. The lowest BCUT2D eigenvalue weighted by molar-refractivity contribution is 0.416. The number of ether oxygens (including phenoxy) is 1. The highest BCUT2D eigenvalue weighted by molar-refractivity contribution is 7.90. The molecule has 102 valence electrons. The van der Waals surface area contributed by atoms with Crippen molar-refractivity contribution in [2.45, 2.75) is 0 Å². The molecular weight excluding hydrogens is 259 g/mol. The third-order valence-corrected chi connectivity index (χ3v) is 3.43. The molecule has 1 aromatic rings. The smallest absolute Gasteiger partial charge is 0.149 e. The van der Waals surface area contributed by atoms with Gasteiger partial charge in [0, 0.05) is 32.0 Å². The highest BCUT2D eigenvalue weighted by Gasteiger charge is 2.13. The summed E-state index contributed by atoms with van der Waals surface area (Å²) < 4.78 is 40.8. The van der Waals surface area contributed by atoms with Crippen molar-refractivity contribution in [3.63, 3.8) is 0 Å². The van der Waals surface area contributed by atoms with E-state index in [1.54, 1.807) is 7.05 Å². The summed E-state index contributed by atoms with van der Waals surface area (Å²) in [5.74, 6) is -0.197. The minimum Gasteiger partial charge on any atom is -0.495 e. The zero-order chi connectivity index (χ0) is 13.9. The number of anilines is 2. The maximum atomic E-state index is 13.7. The first kappa shape index (κ1) is 14.6. The predicted molar refractivity (Wildman–Crippen MR) is 70.3 cm³/mol. The van der Waals surface area contributed by atoms with E-state index in [2.05, 4.69) is 0 Å². The van der Waals surface area contributed by atoms with Crippen molar-refractivity contribution in [1.82, 2.24) is 0 Å². The van der Waals surface area contributed by atoms with Crippen LogP contribution in [0.5, 0.6) is 5.75 Å². The van der Waals surface area contributed by atoms with Crippen molar-refractivity contribution in [3.8, 4) is 5.75 Å². The van der Waals surface area contributed by atoms with Crippen LogP contribution in [-0.4, -0.2) is 41.1 Å². The van der Waals surface area contributed by atoms with Crippen molar-refractivity contribution in [3.05, 3.63) is 17.9 Å². The fourth-order valence-electron chi connectivity index (χ4n) is 1.45. The van der Waals surface area contributed by atoms with Crippen LogP contribution in [0.1, 0.15) is 0 Å². The van der Waals surface area contributed by atoms with Crippen LogP contribution in [-0.2, 0) is 9.84 Å². The predicted octanol–water partition coefficient (Wildman–Crippen LogP) is 0.897. The van der Waals surface area contributed by atoms with Gasteiger partial charge in [-0.05, 0) is 0 Å². The molecule has 5 nitrogen and oxygen atoms in total. The Hall–Kier alpha value is -1.50. The Labute approximate surface area is 106 Å². The number of halogens is 1. The van der Waals surface area contributed by atoms with Gasteiger partial charge in [0.15, 0.2) is 0 Å². The van der Waals surface area contributed by atoms with E-state index in [0.29, 0.717) is 5.75 Å². The summed E-state index contributed by atoms with van der Waals surface area (Å²) in [6, 6.07) is 2.61. The number of nitrogens with zero attached hydrogens (tertiary/aromatic N) is 1. The van der Waals surface area contributed by atoms with Crippen LogP contribution >= 0.6 is 0 Å². The van der Waals surface area contributed by atoms with E-state index >= 15 is 0 Å². The summed E-state index contributed by atoms with van der Waals surface area (Å²) >= 11 is 0. The average molecular weight is 276 g/mol. The van der Waals surface area contributed by atoms with E-state index in [1.807, 2.05) is 0 Å². The van der Waals surface area contributed by atoms with Crippen molar-refractivity contribution >= 4 is 21.2 Å². The maximum absolute atomic E-state index is 13.7. The first-order valence-corrected chi connectivity index (χ1v) is 7.32. The fraction of sp³-hybridized carbons (Fsp3) is 0.455. The van der Waals surface area contributed by atoms with Gasteiger partial charge in [-0.15, -0.1) is 0 Å². The Bertz CT molecular complexity index is 531. The van der Waals surface area contributed by atoms with Gasteiger partial charge < -0.3 is 15.4 Å². The van der Waals surface area contributed by atoms with E-state index in [9.17, 15) is 12.8 Å². The fourth-order valence-corrected chi connectivity index (χ4v) is 2.06. The van der Waals surface area contributed by atoms with Gasteiger partial charge in [0.25, 0.3) is 0 Å². The number of benzene rings is 1. The van der Waals surface area contributed by atoms with Crippen LogP contribution in [0.25, 0.3) is 0 Å². The first-order valence-electron chi connectivity index (χ1n) is 5.26. The topological polar surface area (TPSA) is 72.6 Å². The number of nitrogen functional groups attached to an aromatic ring is 1. The van der Waals surface area contributed by atoms with Gasteiger partial charge in [-0.3, -0.25) is 0 Å². The molecule has 18 heavy (non-hydrogen) atoms. The number of rotatable bonds is 5. The molecule has 0 saturated carbocycles. The Balaban J connectivity index is 2.95. The molecule has 0 amide bonds. The Morgan fingerprint density at radius 1 is 1.44 bits per heavy atom. The molecule has 1 rings (SSSR count). The molecule has 0 bridgehead atoms. The largest absolute Gasteiger partial charge is 0.495 e. The van der Waals surface area contributed by atoms with Gasteiger partial charge in [-0.25, -0.2) is 12.8 Å². The van der Waals surface area contributed by atoms with Crippen LogP contribution in [0.15, 0.2) is 12.1 Å². The molecule has 0 saturated heterocycles. The summed E-state index contributed by atoms with van der Waals surface area (Å²) in [7, 11) is -0.0392. The summed E-state index contributed by atoms with van der Waals surface area (Å²) in [5.41, 5.74) is 6.02. The third kappa shape index (κ3) is 3.76. The van der Waals surface area contributed by atoms with Gasteiger partial charge in [0.2, 0.25) is 0 Å². The molecule has 0 aliphatic carbocycles. The number of hydrogen-bond acceptors (Lipinski definition) is 5. The molecule has 0 atom stereocenters. The van der Waals surface area contributed by atoms with Gasteiger partial charge in [0.05, 0.1) is 24.2 Å².